The summed E-state index contributed by atoms with van der Waals surface area (Å²) in [5.41, 5.74) is 0. The summed E-state index contributed by atoms with van der Waals surface area (Å²) in [6.45, 7) is 15.3. The first-order valence-corrected chi connectivity index (χ1v) is 14.4. The maximum atomic E-state index is 5.94. The number of hydrogen-bond donors (Lipinski definition) is 0. The molecule has 0 aromatic heterocycles. The average Bonchev–Trinajstić information content (AvgIpc) is 2.85. The van der Waals surface area contributed by atoms with Crippen LogP contribution in [-0.4, -0.2) is 39.6 Å². The van der Waals surface area contributed by atoms with E-state index < -0.39 is 7.92 Å². The molecule has 3 aromatic rings. The molecule has 0 radical (unpaired) electrons. The van der Waals surface area contributed by atoms with Crippen LogP contribution >= 0.6 is 7.92 Å². The molecule has 6 nitrogen and oxygen atoms in total. The van der Waals surface area contributed by atoms with Gasteiger partial charge in [0.25, 0.3) is 0 Å². The van der Waals surface area contributed by atoms with Crippen molar-refractivity contribution < 1.29 is 28.4 Å². The zero-order valence-corrected chi connectivity index (χ0v) is 23.7. The van der Waals surface area contributed by atoms with Gasteiger partial charge in [-0.3, -0.25) is 0 Å². The smallest absolute Gasteiger partial charge is 0.123 e. The van der Waals surface area contributed by atoms with Gasteiger partial charge >= 0.3 is 0 Å². The Hall–Kier alpha value is -3.11. The molecule has 0 saturated carbocycles. The molecule has 0 heterocycles. The first-order valence-electron chi connectivity index (χ1n) is 13.1. The van der Waals surface area contributed by atoms with E-state index in [1.165, 1.54) is 0 Å². The minimum atomic E-state index is -1.09. The van der Waals surface area contributed by atoms with E-state index in [0.29, 0.717) is 39.6 Å². The zero-order valence-electron chi connectivity index (χ0n) is 22.8. The first kappa shape index (κ1) is 28.5. The van der Waals surface area contributed by atoms with Gasteiger partial charge in [0, 0.05) is 18.2 Å². The highest BCUT2D eigenvalue weighted by atomic mass is 31.1. The average molecular weight is 527 g/mol. The van der Waals surface area contributed by atoms with Crippen LogP contribution in [0.15, 0.2) is 54.6 Å². The van der Waals surface area contributed by atoms with Gasteiger partial charge in [0.15, 0.2) is 0 Å². The molecule has 37 heavy (non-hydrogen) atoms. The van der Waals surface area contributed by atoms with Gasteiger partial charge in [0.2, 0.25) is 0 Å². The fraction of sp³-hybridized carbons (Fsp3) is 0.400. The van der Waals surface area contributed by atoms with Crippen molar-refractivity contribution in [2.24, 2.45) is 0 Å². The summed E-state index contributed by atoms with van der Waals surface area (Å²) in [5, 5.41) is 3.24. The summed E-state index contributed by atoms with van der Waals surface area (Å²) in [4.78, 5) is 0. The summed E-state index contributed by atoms with van der Waals surface area (Å²) in [6.07, 6.45) is 0. The van der Waals surface area contributed by atoms with Gasteiger partial charge in [-0.05, 0) is 102 Å². The second kappa shape index (κ2) is 14.6. The van der Waals surface area contributed by atoms with Gasteiger partial charge < -0.3 is 28.4 Å². The van der Waals surface area contributed by atoms with Crippen LogP contribution in [-0.2, 0) is 0 Å². The second-order valence-corrected chi connectivity index (χ2v) is 10.1. The summed E-state index contributed by atoms with van der Waals surface area (Å²) in [6, 6.07) is 18.4. The predicted octanol–water partition coefficient (Wildman–Crippen LogP) is 5.84. The molecule has 3 rings (SSSR count). The van der Waals surface area contributed by atoms with Gasteiger partial charge in [-0.1, -0.05) is 0 Å². The topological polar surface area (TPSA) is 55.4 Å². The van der Waals surface area contributed by atoms with E-state index in [1.54, 1.807) is 0 Å². The summed E-state index contributed by atoms with van der Waals surface area (Å²) >= 11 is 0. The third-order valence-electron chi connectivity index (χ3n) is 5.24. The minimum Gasteiger partial charge on any atom is -0.494 e. The molecule has 0 bridgehead atoms. The highest BCUT2D eigenvalue weighted by Gasteiger charge is 2.22. The second-order valence-electron chi connectivity index (χ2n) is 7.92. The molecule has 0 saturated heterocycles. The normalized spacial score (nSPS) is 10.8. The fourth-order valence-electron chi connectivity index (χ4n) is 4.00. The molecule has 3 aromatic carbocycles. The van der Waals surface area contributed by atoms with E-state index in [1.807, 2.05) is 59.7 Å². The Morgan fingerprint density at radius 2 is 0.541 bits per heavy atom. The monoisotopic (exact) mass is 526 g/mol. The Balaban J connectivity index is 2.30. The van der Waals surface area contributed by atoms with Gasteiger partial charge in [-0.25, -0.2) is 0 Å². The Morgan fingerprint density at radius 3 is 0.703 bits per heavy atom. The van der Waals surface area contributed by atoms with Crippen LogP contribution in [0.3, 0.4) is 0 Å². The molecule has 0 spiro atoms. The quantitative estimate of drug-likeness (QED) is 0.232. The molecular formula is C30H39O6P. The third-order valence-corrected chi connectivity index (χ3v) is 7.56. The molecule has 0 unspecified atom stereocenters. The molecule has 0 aliphatic carbocycles. The van der Waals surface area contributed by atoms with Gasteiger partial charge in [0.1, 0.15) is 34.5 Å². The lowest BCUT2D eigenvalue weighted by Crippen LogP contribution is -2.22. The van der Waals surface area contributed by atoms with Crippen LogP contribution in [0.5, 0.6) is 34.5 Å². The van der Waals surface area contributed by atoms with Gasteiger partial charge in [-0.2, -0.15) is 0 Å². The van der Waals surface area contributed by atoms with Crippen LogP contribution in [0.25, 0.3) is 0 Å². The van der Waals surface area contributed by atoms with Crippen molar-refractivity contribution in [2.75, 3.05) is 39.6 Å². The van der Waals surface area contributed by atoms with Crippen molar-refractivity contribution >= 4 is 23.8 Å². The van der Waals surface area contributed by atoms with Crippen LogP contribution in [0.4, 0.5) is 0 Å². The molecule has 200 valence electrons. The summed E-state index contributed by atoms with van der Waals surface area (Å²) in [5.74, 6) is 4.63. The Labute approximate surface area is 222 Å². The largest absolute Gasteiger partial charge is 0.494 e. The minimum absolute atomic E-state index is 0.565. The number of hydrogen-bond acceptors (Lipinski definition) is 6. The third kappa shape index (κ3) is 7.93. The van der Waals surface area contributed by atoms with Crippen LogP contribution in [0.1, 0.15) is 41.5 Å². The van der Waals surface area contributed by atoms with Crippen molar-refractivity contribution in [3.05, 3.63) is 54.6 Å². The van der Waals surface area contributed by atoms with Gasteiger partial charge in [-0.15, -0.1) is 0 Å². The predicted molar refractivity (Wildman–Crippen MR) is 152 cm³/mol. The van der Waals surface area contributed by atoms with Gasteiger partial charge in [0.05, 0.1) is 39.6 Å². The first-order chi connectivity index (χ1) is 18.0. The van der Waals surface area contributed by atoms with E-state index in [2.05, 4.69) is 36.4 Å². The van der Waals surface area contributed by atoms with Crippen molar-refractivity contribution in [1.82, 2.24) is 0 Å². The number of ether oxygens (including phenoxy) is 6. The van der Waals surface area contributed by atoms with Crippen LogP contribution in [0.2, 0.25) is 0 Å². The Kier molecular flexibility index (Phi) is 11.2. The highest BCUT2D eigenvalue weighted by molar-refractivity contribution is 7.79. The van der Waals surface area contributed by atoms with Crippen molar-refractivity contribution in [1.29, 1.82) is 0 Å². The molecule has 0 N–H and O–H groups in total. The SMILES string of the molecule is CCOc1cc(OCC)cc(P(c2cc(OCC)cc(OCC)c2)c2cc(OCC)cc(OCC)c2)c1. The van der Waals surface area contributed by atoms with Crippen molar-refractivity contribution in [3.63, 3.8) is 0 Å². The number of benzene rings is 3. The lowest BCUT2D eigenvalue weighted by atomic mass is 10.3. The number of rotatable bonds is 15. The summed E-state index contributed by atoms with van der Waals surface area (Å²) in [7, 11) is -1.09. The fourth-order valence-corrected chi connectivity index (χ4v) is 6.44. The van der Waals surface area contributed by atoms with E-state index in [9.17, 15) is 0 Å². The van der Waals surface area contributed by atoms with Crippen molar-refractivity contribution in [3.8, 4) is 34.5 Å². The molecular weight excluding hydrogens is 487 g/mol. The molecule has 0 fully saturated rings. The van der Waals surface area contributed by atoms with Crippen LogP contribution < -0.4 is 44.3 Å². The molecule has 0 aliphatic rings. The maximum Gasteiger partial charge on any atom is 0.123 e. The zero-order chi connectivity index (χ0) is 26.6. The van der Waals surface area contributed by atoms with E-state index in [4.69, 9.17) is 28.4 Å². The van der Waals surface area contributed by atoms with Crippen molar-refractivity contribution in [2.45, 2.75) is 41.5 Å². The highest BCUT2D eigenvalue weighted by Crippen LogP contribution is 2.40. The standard InChI is InChI=1S/C30H39O6P/c1-7-31-22-13-23(32-8-2)17-28(16-22)37(29-18-24(33-9-3)14-25(19-29)34-10-4)30-20-26(35-11-5)15-27(21-30)36-12-6/h13-21H,7-12H2,1-6H3. The van der Waals surface area contributed by atoms with E-state index >= 15 is 0 Å². The van der Waals surface area contributed by atoms with E-state index in [-0.39, 0.29) is 0 Å². The Bertz CT molecular complexity index is 919. The lowest BCUT2D eigenvalue weighted by molar-refractivity contribution is 0.323. The molecule has 7 heteroatoms. The molecule has 0 amide bonds. The molecule has 0 atom stereocenters. The van der Waals surface area contributed by atoms with Crippen LogP contribution in [0, 0.1) is 0 Å². The lowest BCUT2D eigenvalue weighted by Gasteiger charge is -2.23. The Morgan fingerprint density at radius 1 is 0.351 bits per heavy atom. The maximum absolute atomic E-state index is 5.94. The molecule has 0 aliphatic heterocycles. The summed E-state index contributed by atoms with van der Waals surface area (Å²) < 4.78 is 35.6. The van der Waals surface area contributed by atoms with E-state index in [0.717, 1.165) is 50.4 Å².